The van der Waals surface area contributed by atoms with Crippen molar-refractivity contribution < 1.29 is 23.9 Å². The minimum absolute atomic E-state index is 0.174. The molecule has 0 heterocycles. The van der Waals surface area contributed by atoms with Crippen molar-refractivity contribution in [2.24, 2.45) is 9.98 Å². The molecule has 0 fully saturated rings. The first kappa shape index (κ1) is 23.0. The van der Waals surface area contributed by atoms with Gasteiger partial charge in [-0.2, -0.15) is 9.98 Å². The second kappa shape index (κ2) is 10.6. The lowest BCUT2D eigenvalue weighted by atomic mass is 10.0. The Morgan fingerprint density at radius 3 is 1.06 bits per heavy atom. The van der Waals surface area contributed by atoms with E-state index in [4.69, 9.17) is 4.74 Å². The standard InChI is InChI=1S/C28H16N2O5/c31-17-29-23-9-1-19(2-10-23)27(33)21-5-13-25(14-6-21)35-26-15-7-22(8-16-26)28(34)20-3-11-24(12-4-20)30-18-32/h1-16H. The lowest BCUT2D eigenvalue weighted by Gasteiger charge is -2.08. The molecule has 0 unspecified atom stereocenters. The van der Waals surface area contributed by atoms with Gasteiger partial charge in [0.15, 0.2) is 11.6 Å². The van der Waals surface area contributed by atoms with Crippen LogP contribution in [0.5, 0.6) is 11.5 Å². The van der Waals surface area contributed by atoms with Gasteiger partial charge in [-0.25, -0.2) is 9.59 Å². The summed E-state index contributed by atoms with van der Waals surface area (Å²) in [6.45, 7) is 0. The van der Waals surface area contributed by atoms with Gasteiger partial charge < -0.3 is 4.74 Å². The van der Waals surface area contributed by atoms with Gasteiger partial charge in [0, 0.05) is 22.3 Å². The number of hydrogen-bond acceptors (Lipinski definition) is 7. The zero-order valence-electron chi connectivity index (χ0n) is 18.2. The number of carbonyl (C=O) groups is 2. The van der Waals surface area contributed by atoms with E-state index in [0.717, 1.165) is 0 Å². The maximum absolute atomic E-state index is 12.7. The molecule has 0 aliphatic heterocycles. The smallest absolute Gasteiger partial charge is 0.240 e. The average Bonchev–Trinajstić information content (AvgIpc) is 2.90. The number of hydrogen-bond donors (Lipinski definition) is 0. The normalized spacial score (nSPS) is 9.94. The van der Waals surface area contributed by atoms with Gasteiger partial charge in [0.05, 0.1) is 11.4 Å². The molecule has 0 saturated heterocycles. The van der Waals surface area contributed by atoms with Crippen molar-refractivity contribution in [3.63, 3.8) is 0 Å². The highest BCUT2D eigenvalue weighted by Crippen LogP contribution is 2.24. The molecular weight excluding hydrogens is 444 g/mol. The van der Waals surface area contributed by atoms with Crippen LogP contribution in [0.2, 0.25) is 0 Å². The van der Waals surface area contributed by atoms with Crippen molar-refractivity contribution in [2.75, 3.05) is 0 Å². The van der Waals surface area contributed by atoms with E-state index in [2.05, 4.69) is 9.98 Å². The summed E-state index contributed by atoms with van der Waals surface area (Å²) in [5, 5.41) is 0. The van der Waals surface area contributed by atoms with Crippen molar-refractivity contribution in [3.8, 4) is 11.5 Å². The minimum atomic E-state index is -0.174. The quantitative estimate of drug-likeness (QED) is 0.186. The summed E-state index contributed by atoms with van der Waals surface area (Å²) in [6.07, 6.45) is 2.92. The summed E-state index contributed by atoms with van der Waals surface area (Å²) in [4.78, 5) is 52.9. The molecule has 168 valence electrons. The molecule has 35 heavy (non-hydrogen) atoms. The maximum Gasteiger partial charge on any atom is 0.240 e. The average molecular weight is 460 g/mol. The molecule has 0 aliphatic carbocycles. The van der Waals surface area contributed by atoms with Crippen molar-refractivity contribution in [2.45, 2.75) is 0 Å². The van der Waals surface area contributed by atoms with Gasteiger partial charge in [-0.1, -0.05) is 0 Å². The van der Waals surface area contributed by atoms with Crippen LogP contribution in [0.3, 0.4) is 0 Å². The highest BCUT2D eigenvalue weighted by molar-refractivity contribution is 6.09. The van der Waals surface area contributed by atoms with Crippen LogP contribution >= 0.6 is 0 Å². The van der Waals surface area contributed by atoms with E-state index in [0.29, 0.717) is 45.1 Å². The van der Waals surface area contributed by atoms with Crippen LogP contribution in [-0.2, 0) is 9.59 Å². The number of aliphatic imine (C=N–C) groups is 2. The highest BCUT2D eigenvalue weighted by Gasteiger charge is 2.11. The molecule has 4 aromatic carbocycles. The first-order valence-corrected chi connectivity index (χ1v) is 10.4. The molecule has 4 aromatic rings. The molecule has 7 nitrogen and oxygen atoms in total. The van der Waals surface area contributed by atoms with Gasteiger partial charge in [-0.15, -0.1) is 0 Å². The predicted molar refractivity (Wildman–Crippen MR) is 128 cm³/mol. The first-order chi connectivity index (χ1) is 17.1. The molecule has 0 amide bonds. The summed E-state index contributed by atoms with van der Waals surface area (Å²) in [6, 6.07) is 26.0. The van der Waals surface area contributed by atoms with Crippen LogP contribution in [0.1, 0.15) is 31.8 Å². The molecule has 0 aromatic heterocycles. The van der Waals surface area contributed by atoms with E-state index in [1.54, 1.807) is 97.1 Å². The number of isocyanates is 2. The summed E-state index contributed by atoms with van der Waals surface area (Å²) < 4.78 is 5.82. The Kier molecular flexibility index (Phi) is 6.95. The molecule has 4 rings (SSSR count). The van der Waals surface area contributed by atoms with E-state index in [9.17, 15) is 19.2 Å². The highest BCUT2D eigenvalue weighted by atomic mass is 16.5. The number of ketones is 2. The third-order valence-electron chi connectivity index (χ3n) is 5.08. The number of rotatable bonds is 8. The van der Waals surface area contributed by atoms with E-state index in [1.165, 1.54) is 12.2 Å². The fraction of sp³-hybridized carbons (Fsp3) is 0. The monoisotopic (exact) mass is 460 g/mol. The molecule has 0 radical (unpaired) electrons. The van der Waals surface area contributed by atoms with Crippen molar-refractivity contribution >= 4 is 35.1 Å². The second-order valence-corrected chi connectivity index (χ2v) is 7.31. The van der Waals surface area contributed by atoms with Crippen LogP contribution in [0.25, 0.3) is 0 Å². The second-order valence-electron chi connectivity index (χ2n) is 7.31. The maximum atomic E-state index is 12.7. The molecule has 0 bridgehead atoms. The molecule has 0 saturated carbocycles. The molecule has 0 atom stereocenters. The largest absolute Gasteiger partial charge is 0.457 e. The van der Waals surface area contributed by atoms with Gasteiger partial charge in [0.1, 0.15) is 11.5 Å². The summed E-state index contributed by atoms with van der Waals surface area (Å²) >= 11 is 0. The molecular formula is C28H16N2O5. The SMILES string of the molecule is O=C=Nc1ccc(C(=O)c2ccc(Oc3ccc(C(=O)c4ccc(N=C=O)cc4)cc3)cc2)cc1. The Bertz CT molecular complexity index is 1350. The summed E-state index contributed by atoms with van der Waals surface area (Å²) in [7, 11) is 0. The van der Waals surface area contributed by atoms with E-state index < -0.39 is 0 Å². The van der Waals surface area contributed by atoms with Crippen LogP contribution in [0, 0.1) is 0 Å². The fourth-order valence-corrected chi connectivity index (χ4v) is 3.30. The number of carbonyl (C=O) groups excluding carboxylic acids is 4. The number of nitrogens with zero attached hydrogens (tertiary/aromatic N) is 2. The molecule has 0 spiro atoms. The minimum Gasteiger partial charge on any atom is -0.457 e. The zero-order chi connectivity index (χ0) is 24.6. The lowest BCUT2D eigenvalue weighted by molar-refractivity contribution is 0.103. The van der Waals surface area contributed by atoms with Gasteiger partial charge >= 0.3 is 0 Å². The first-order valence-electron chi connectivity index (χ1n) is 10.4. The summed E-state index contributed by atoms with van der Waals surface area (Å²) in [5.74, 6) is 0.712. The van der Waals surface area contributed by atoms with Crippen molar-refractivity contribution in [1.29, 1.82) is 0 Å². The predicted octanol–water partition coefficient (Wildman–Crippen LogP) is 5.88. The van der Waals surface area contributed by atoms with Crippen LogP contribution in [-0.4, -0.2) is 23.7 Å². The zero-order valence-corrected chi connectivity index (χ0v) is 18.2. The van der Waals surface area contributed by atoms with Crippen LogP contribution < -0.4 is 4.74 Å². The van der Waals surface area contributed by atoms with Crippen molar-refractivity contribution in [1.82, 2.24) is 0 Å². The Labute approximate surface area is 200 Å². The third kappa shape index (κ3) is 5.59. The number of benzene rings is 4. The van der Waals surface area contributed by atoms with Gasteiger partial charge in [-0.05, 0) is 97.1 Å². The van der Waals surface area contributed by atoms with Gasteiger partial charge in [0.2, 0.25) is 12.2 Å². The third-order valence-corrected chi connectivity index (χ3v) is 5.08. The van der Waals surface area contributed by atoms with Crippen LogP contribution in [0.15, 0.2) is 107 Å². The molecule has 0 aliphatic rings. The lowest BCUT2D eigenvalue weighted by Crippen LogP contribution is -2.01. The topological polar surface area (TPSA) is 102 Å². The fourth-order valence-electron chi connectivity index (χ4n) is 3.30. The number of ether oxygens (including phenoxy) is 1. The molecule has 0 N–H and O–H groups in total. The van der Waals surface area contributed by atoms with E-state index in [1.807, 2.05) is 0 Å². The van der Waals surface area contributed by atoms with Gasteiger partial charge in [0.25, 0.3) is 0 Å². The Balaban J connectivity index is 1.41. The van der Waals surface area contributed by atoms with Crippen LogP contribution in [0.4, 0.5) is 11.4 Å². The Morgan fingerprint density at radius 1 is 0.486 bits per heavy atom. The molecule has 7 heteroatoms. The Hall–Kier alpha value is -5.22. The Morgan fingerprint density at radius 2 is 0.771 bits per heavy atom. The van der Waals surface area contributed by atoms with Crippen molar-refractivity contribution in [3.05, 3.63) is 119 Å². The van der Waals surface area contributed by atoms with E-state index >= 15 is 0 Å². The van der Waals surface area contributed by atoms with E-state index in [-0.39, 0.29) is 11.6 Å². The van der Waals surface area contributed by atoms with Gasteiger partial charge in [-0.3, -0.25) is 9.59 Å². The summed E-state index contributed by atoms with van der Waals surface area (Å²) in [5.41, 5.74) is 2.75.